The second-order valence-electron chi connectivity index (χ2n) is 7.98. The van der Waals surface area contributed by atoms with Gasteiger partial charge in [0, 0.05) is 42.6 Å². The molecule has 0 saturated carbocycles. The summed E-state index contributed by atoms with van der Waals surface area (Å²) in [5.41, 5.74) is 4.04. The van der Waals surface area contributed by atoms with Gasteiger partial charge in [-0.2, -0.15) is 0 Å². The van der Waals surface area contributed by atoms with Crippen LogP contribution in [0.3, 0.4) is 0 Å². The summed E-state index contributed by atoms with van der Waals surface area (Å²) < 4.78 is 13.8. The summed E-state index contributed by atoms with van der Waals surface area (Å²) in [6.07, 6.45) is 4.95. The number of rotatable bonds is 6. The van der Waals surface area contributed by atoms with Crippen LogP contribution in [0, 0.1) is 5.92 Å². The number of benzene rings is 2. The van der Waals surface area contributed by atoms with Gasteiger partial charge in [-0.05, 0) is 56.1 Å². The SMILES string of the molecule is COCCn1c2ccccc2c2ccc(OCC=C3CN4CCC3CC4)cc21. The lowest BCUT2D eigenvalue weighted by atomic mass is 9.84. The lowest BCUT2D eigenvalue weighted by molar-refractivity contribution is 0.160. The number of nitrogens with zero attached hydrogens (tertiary/aromatic N) is 2. The van der Waals surface area contributed by atoms with Gasteiger partial charge in [0.05, 0.1) is 12.1 Å². The second-order valence-corrected chi connectivity index (χ2v) is 7.98. The quantitative estimate of drug-likeness (QED) is 0.594. The predicted octanol–water partition coefficient (Wildman–Crippen LogP) is 4.47. The minimum absolute atomic E-state index is 0.656. The Morgan fingerprint density at radius 2 is 1.86 bits per heavy atom. The third-order valence-electron chi connectivity index (χ3n) is 6.38. The molecule has 28 heavy (non-hydrogen) atoms. The molecule has 2 bridgehead atoms. The van der Waals surface area contributed by atoms with Crippen molar-refractivity contribution in [3.63, 3.8) is 0 Å². The van der Waals surface area contributed by atoms with Gasteiger partial charge in [-0.15, -0.1) is 0 Å². The van der Waals surface area contributed by atoms with E-state index in [-0.39, 0.29) is 0 Å². The first-order chi connectivity index (χ1) is 13.8. The molecule has 0 unspecified atom stereocenters. The van der Waals surface area contributed by atoms with E-state index in [1.165, 1.54) is 47.7 Å². The predicted molar refractivity (Wildman–Crippen MR) is 114 cm³/mol. The minimum atomic E-state index is 0.656. The van der Waals surface area contributed by atoms with Crippen LogP contribution >= 0.6 is 0 Å². The molecule has 3 aromatic rings. The van der Waals surface area contributed by atoms with Crippen molar-refractivity contribution in [1.82, 2.24) is 9.47 Å². The highest BCUT2D eigenvalue weighted by atomic mass is 16.5. The van der Waals surface area contributed by atoms with E-state index in [1.54, 1.807) is 12.7 Å². The average molecular weight is 377 g/mol. The van der Waals surface area contributed by atoms with Crippen molar-refractivity contribution in [1.29, 1.82) is 0 Å². The van der Waals surface area contributed by atoms with Crippen molar-refractivity contribution in [3.05, 3.63) is 54.1 Å². The van der Waals surface area contributed by atoms with Gasteiger partial charge in [0.15, 0.2) is 0 Å². The first-order valence-corrected chi connectivity index (χ1v) is 10.4. The van der Waals surface area contributed by atoms with Crippen molar-refractivity contribution < 1.29 is 9.47 Å². The number of hydrogen-bond donors (Lipinski definition) is 0. The van der Waals surface area contributed by atoms with E-state index in [0.29, 0.717) is 13.2 Å². The Morgan fingerprint density at radius 1 is 1.04 bits per heavy atom. The molecule has 0 atom stereocenters. The molecule has 0 radical (unpaired) electrons. The van der Waals surface area contributed by atoms with Crippen molar-refractivity contribution in [2.45, 2.75) is 19.4 Å². The summed E-state index contributed by atoms with van der Waals surface area (Å²) >= 11 is 0. The molecule has 0 aliphatic carbocycles. The van der Waals surface area contributed by atoms with Crippen LogP contribution < -0.4 is 4.74 Å². The topological polar surface area (TPSA) is 26.6 Å². The molecular weight excluding hydrogens is 348 g/mol. The van der Waals surface area contributed by atoms with E-state index >= 15 is 0 Å². The molecular formula is C24H28N2O2. The van der Waals surface area contributed by atoms with Crippen LogP contribution in [0.4, 0.5) is 0 Å². The highest BCUT2D eigenvalue weighted by Crippen LogP contribution is 2.33. The molecule has 4 heteroatoms. The van der Waals surface area contributed by atoms with Gasteiger partial charge in [0.25, 0.3) is 0 Å². The maximum atomic E-state index is 6.14. The lowest BCUT2D eigenvalue weighted by Gasteiger charge is -2.41. The molecule has 2 aromatic carbocycles. The number of hydrogen-bond acceptors (Lipinski definition) is 3. The van der Waals surface area contributed by atoms with Crippen molar-refractivity contribution >= 4 is 21.8 Å². The largest absolute Gasteiger partial charge is 0.489 e. The van der Waals surface area contributed by atoms with E-state index in [1.807, 2.05) is 0 Å². The summed E-state index contributed by atoms with van der Waals surface area (Å²) in [5.74, 6) is 1.72. The summed E-state index contributed by atoms with van der Waals surface area (Å²) in [6, 6.07) is 15.1. The van der Waals surface area contributed by atoms with Crippen molar-refractivity contribution in [2.24, 2.45) is 5.92 Å². The van der Waals surface area contributed by atoms with E-state index in [4.69, 9.17) is 9.47 Å². The molecule has 3 aliphatic rings. The Bertz CT molecular complexity index is 1010. The Kier molecular flexibility index (Phi) is 4.83. The van der Waals surface area contributed by atoms with Crippen molar-refractivity contribution in [3.8, 4) is 5.75 Å². The third kappa shape index (κ3) is 3.21. The normalized spacial score (nSPS) is 23.1. The minimum Gasteiger partial charge on any atom is -0.489 e. The maximum Gasteiger partial charge on any atom is 0.121 e. The number of methoxy groups -OCH3 is 1. The molecule has 4 nitrogen and oxygen atoms in total. The standard InChI is InChI=1S/C24H28N2O2/c1-27-15-13-26-23-5-3-2-4-21(23)22-7-6-20(16-24(22)26)28-14-10-19-17-25-11-8-18(19)9-12-25/h2-7,10,16,18H,8-9,11-15,17H2,1H3. The Labute approximate surface area is 166 Å². The number of piperidine rings is 3. The zero-order valence-electron chi connectivity index (χ0n) is 16.6. The highest BCUT2D eigenvalue weighted by Gasteiger charge is 2.28. The first-order valence-electron chi connectivity index (χ1n) is 10.4. The molecule has 3 fully saturated rings. The summed E-state index contributed by atoms with van der Waals surface area (Å²) in [5, 5.41) is 2.56. The molecule has 4 heterocycles. The summed E-state index contributed by atoms with van der Waals surface area (Å²) in [7, 11) is 1.75. The van der Waals surface area contributed by atoms with Crippen LogP contribution in [0.2, 0.25) is 0 Å². The number of ether oxygens (including phenoxy) is 2. The van der Waals surface area contributed by atoms with E-state index in [2.05, 4.69) is 58.0 Å². The number of para-hydroxylation sites is 1. The van der Waals surface area contributed by atoms with Crippen LogP contribution in [-0.2, 0) is 11.3 Å². The highest BCUT2D eigenvalue weighted by molar-refractivity contribution is 6.08. The number of fused-ring (bicyclic) bond motifs is 6. The average Bonchev–Trinajstić information content (AvgIpc) is 3.06. The van der Waals surface area contributed by atoms with Crippen LogP contribution in [0.1, 0.15) is 12.8 Å². The van der Waals surface area contributed by atoms with Crippen LogP contribution in [-0.4, -0.2) is 49.4 Å². The second kappa shape index (κ2) is 7.61. The van der Waals surface area contributed by atoms with Gasteiger partial charge >= 0.3 is 0 Å². The number of aromatic nitrogens is 1. The molecule has 0 spiro atoms. The van der Waals surface area contributed by atoms with Gasteiger partial charge in [0.1, 0.15) is 12.4 Å². The maximum absolute atomic E-state index is 6.14. The Hall–Kier alpha value is -2.30. The van der Waals surface area contributed by atoms with E-state index in [9.17, 15) is 0 Å². The van der Waals surface area contributed by atoms with Gasteiger partial charge < -0.3 is 14.0 Å². The first kappa shape index (κ1) is 17.8. The van der Waals surface area contributed by atoms with Gasteiger partial charge in [-0.1, -0.05) is 23.8 Å². The molecule has 3 saturated heterocycles. The Balaban J connectivity index is 1.40. The zero-order valence-corrected chi connectivity index (χ0v) is 16.6. The Morgan fingerprint density at radius 3 is 2.64 bits per heavy atom. The summed E-state index contributed by atoms with van der Waals surface area (Å²) in [6.45, 7) is 5.87. The fourth-order valence-corrected chi connectivity index (χ4v) is 4.87. The van der Waals surface area contributed by atoms with Crippen LogP contribution in [0.5, 0.6) is 5.75 Å². The van der Waals surface area contributed by atoms with E-state index in [0.717, 1.165) is 24.8 Å². The van der Waals surface area contributed by atoms with Gasteiger partial charge in [-0.3, -0.25) is 4.90 Å². The van der Waals surface area contributed by atoms with Gasteiger partial charge in [0.2, 0.25) is 0 Å². The molecule has 3 aliphatic heterocycles. The van der Waals surface area contributed by atoms with E-state index < -0.39 is 0 Å². The fraction of sp³-hybridized carbons (Fsp3) is 0.417. The molecule has 0 N–H and O–H groups in total. The monoisotopic (exact) mass is 376 g/mol. The van der Waals surface area contributed by atoms with Crippen LogP contribution in [0.25, 0.3) is 21.8 Å². The molecule has 146 valence electrons. The zero-order chi connectivity index (χ0) is 18.9. The van der Waals surface area contributed by atoms with Crippen molar-refractivity contribution in [2.75, 3.05) is 40.0 Å². The van der Waals surface area contributed by atoms with Gasteiger partial charge in [-0.25, -0.2) is 0 Å². The lowest BCUT2D eigenvalue weighted by Crippen LogP contribution is -2.43. The molecule has 6 rings (SSSR count). The summed E-state index contributed by atoms with van der Waals surface area (Å²) in [4.78, 5) is 2.56. The molecule has 0 amide bonds. The van der Waals surface area contributed by atoms with Crippen LogP contribution in [0.15, 0.2) is 54.1 Å². The molecule has 1 aromatic heterocycles. The fourth-order valence-electron chi connectivity index (χ4n) is 4.87. The smallest absolute Gasteiger partial charge is 0.121 e. The third-order valence-corrected chi connectivity index (χ3v) is 6.38.